The van der Waals surface area contributed by atoms with E-state index >= 15 is 0 Å². The molecule has 2 aromatic rings. The molecule has 19 heavy (non-hydrogen) atoms. The van der Waals surface area contributed by atoms with Gasteiger partial charge in [-0.15, -0.1) is 0 Å². The van der Waals surface area contributed by atoms with Crippen LogP contribution in [0.2, 0.25) is 0 Å². The maximum Gasteiger partial charge on any atom is 0.151 e. The van der Waals surface area contributed by atoms with Crippen molar-refractivity contribution in [2.75, 3.05) is 11.4 Å². The molecule has 96 valence electrons. The van der Waals surface area contributed by atoms with Gasteiger partial charge in [0.2, 0.25) is 0 Å². The summed E-state index contributed by atoms with van der Waals surface area (Å²) >= 11 is 0. The van der Waals surface area contributed by atoms with Gasteiger partial charge in [-0.3, -0.25) is 4.79 Å². The van der Waals surface area contributed by atoms with E-state index in [-0.39, 0.29) is 0 Å². The minimum Gasteiger partial charge on any atom is -0.352 e. The van der Waals surface area contributed by atoms with Crippen LogP contribution in [-0.2, 0) is 13.0 Å². The number of nitrogens with zero attached hydrogens (tertiary/aromatic N) is 2. The van der Waals surface area contributed by atoms with Gasteiger partial charge in [0.15, 0.2) is 6.29 Å². The lowest BCUT2D eigenvalue weighted by atomic mass is 10.0. The third-order valence-corrected chi connectivity index (χ3v) is 3.58. The Kier molecular flexibility index (Phi) is 3.27. The van der Waals surface area contributed by atoms with Crippen LogP contribution in [0, 0.1) is 0 Å². The van der Waals surface area contributed by atoms with Crippen molar-refractivity contribution >= 4 is 12.1 Å². The Morgan fingerprint density at radius 1 is 1.11 bits per heavy atom. The van der Waals surface area contributed by atoms with Crippen LogP contribution in [0.15, 0.2) is 42.6 Å². The predicted molar refractivity (Wildman–Crippen MR) is 75.4 cm³/mol. The molecule has 1 aliphatic heterocycles. The second-order valence-corrected chi connectivity index (χ2v) is 4.86. The average molecular weight is 252 g/mol. The molecule has 1 aliphatic rings. The van der Waals surface area contributed by atoms with E-state index in [1.807, 2.05) is 12.1 Å². The van der Waals surface area contributed by atoms with E-state index in [1.165, 1.54) is 11.1 Å². The molecule has 0 spiro atoms. The van der Waals surface area contributed by atoms with Crippen LogP contribution in [0.5, 0.6) is 0 Å². The van der Waals surface area contributed by atoms with Crippen LogP contribution in [0.1, 0.15) is 27.9 Å². The van der Waals surface area contributed by atoms with Crippen LogP contribution >= 0.6 is 0 Å². The highest BCUT2D eigenvalue weighted by Crippen LogP contribution is 2.22. The maximum atomic E-state index is 10.7. The van der Waals surface area contributed by atoms with Crippen molar-refractivity contribution in [3.63, 3.8) is 0 Å². The van der Waals surface area contributed by atoms with Crippen molar-refractivity contribution in [1.82, 2.24) is 4.98 Å². The van der Waals surface area contributed by atoms with Crippen molar-refractivity contribution in [2.45, 2.75) is 19.4 Å². The van der Waals surface area contributed by atoms with Gasteiger partial charge in [-0.25, -0.2) is 4.98 Å². The summed E-state index contributed by atoms with van der Waals surface area (Å²) in [5.41, 5.74) is 3.44. The third-order valence-electron chi connectivity index (χ3n) is 3.58. The molecule has 0 atom stereocenters. The lowest BCUT2D eigenvalue weighted by Gasteiger charge is -2.21. The van der Waals surface area contributed by atoms with Crippen LogP contribution < -0.4 is 4.90 Å². The first-order valence-corrected chi connectivity index (χ1v) is 6.60. The normalized spacial score (nSPS) is 14.6. The van der Waals surface area contributed by atoms with Gasteiger partial charge in [-0.05, 0) is 36.1 Å². The van der Waals surface area contributed by atoms with E-state index < -0.39 is 0 Å². The minimum atomic E-state index is 0.624. The Morgan fingerprint density at radius 3 is 2.68 bits per heavy atom. The van der Waals surface area contributed by atoms with Crippen molar-refractivity contribution in [1.29, 1.82) is 0 Å². The van der Waals surface area contributed by atoms with E-state index in [0.717, 1.165) is 38.0 Å². The largest absolute Gasteiger partial charge is 0.352 e. The molecule has 0 saturated heterocycles. The fraction of sp³-hybridized carbons (Fsp3) is 0.250. The summed E-state index contributed by atoms with van der Waals surface area (Å²) in [7, 11) is 0. The van der Waals surface area contributed by atoms with Crippen LogP contribution in [-0.4, -0.2) is 17.8 Å². The number of fused-ring (bicyclic) bond motifs is 1. The van der Waals surface area contributed by atoms with Crippen molar-refractivity contribution < 1.29 is 4.79 Å². The highest BCUT2D eigenvalue weighted by molar-refractivity contribution is 5.74. The number of hydrogen-bond acceptors (Lipinski definition) is 3. The molecule has 3 rings (SSSR count). The summed E-state index contributed by atoms with van der Waals surface area (Å²) < 4.78 is 0. The van der Waals surface area contributed by atoms with E-state index in [2.05, 4.69) is 34.1 Å². The number of carbonyl (C=O) groups is 1. The minimum absolute atomic E-state index is 0.624. The lowest BCUT2D eigenvalue weighted by Crippen LogP contribution is -2.23. The molecule has 3 heteroatoms. The fourth-order valence-corrected chi connectivity index (χ4v) is 2.55. The maximum absolute atomic E-state index is 10.7. The molecule has 0 bridgehead atoms. The molecule has 2 heterocycles. The molecule has 0 radical (unpaired) electrons. The Labute approximate surface area is 112 Å². The van der Waals surface area contributed by atoms with E-state index in [1.54, 1.807) is 6.20 Å². The summed E-state index contributed by atoms with van der Waals surface area (Å²) in [5, 5.41) is 0. The fourth-order valence-electron chi connectivity index (χ4n) is 2.55. The highest BCUT2D eigenvalue weighted by Gasteiger charge is 2.14. The summed E-state index contributed by atoms with van der Waals surface area (Å²) in [6.45, 7) is 1.89. The number of aldehydes is 1. The van der Waals surface area contributed by atoms with E-state index in [9.17, 15) is 4.79 Å². The van der Waals surface area contributed by atoms with Gasteiger partial charge in [0.05, 0.1) is 0 Å². The number of rotatable bonds is 2. The first-order valence-electron chi connectivity index (χ1n) is 6.60. The zero-order chi connectivity index (χ0) is 13.1. The van der Waals surface area contributed by atoms with Crippen molar-refractivity contribution in [3.8, 4) is 0 Å². The molecule has 0 fully saturated rings. The summed E-state index contributed by atoms with van der Waals surface area (Å²) in [6.07, 6.45) is 4.72. The number of carbonyl (C=O) groups excluding carboxylic acids is 1. The molecule has 1 aromatic carbocycles. The van der Waals surface area contributed by atoms with Gasteiger partial charge in [0.25, 0.3) is 0 Å². The Morgan fingerprint density at radius 2 is 1.95 bits per heavy atom. The van der Waals surface area contributed by atoms with Gasteiger partial charge in [0.1, 0.15) is 5.82 Å². The number of pyridine rings is 1. The lowest BCUT2D eigenvalue weighted by molar-refractivity contribution is 0.112. The molecule has 0 unspecified atom stereocenters. The van der Waals surface area contributed by atoms with E-state index in [4.69, 9.17) is 0 Å². The van der Waals surface area contributed by atoms with Crippen molar-refractivity contribution in [3.05, 3.63) is 59.3 Å². The highest BCUT2D eigenvalue weighted by atomic mass is 16.1. The van der Waals surface area contributed by atoms with Gasteiger partial charge >= 0.3 is 0 Å². The topological polar surface area (TPSA) is 33.2 Å². The van der Waals surface area contributed by atoms with Crippen LogP contribution in [0.4, 0.5) is 5.82 Å². The molecule has 0 amide bonds. The average Bonchev–Trinajstić information content (AvgIpc) is 2.69. The van der Waals surface area contributed by atoms with Crippen LogP contribution in [0.3, 0.4) is 0 Å². The number of aromatic nitrogens is 1. The summed E-state index contributed by atoms with van der Waals surface area (Å²) in [6, 6.07) is 12.3. The van der Waals surface area contributed by atoms with Gasteiger partial charge in [-0.2, -0.15) is 0 Å². The van der Waals surface area contributed by atoms with Gasteiger partial charge in [0, 0.05) is 24.8 Å². The Balaban J connectivity index is 1.87. The first-order chi connectivity index (χ1) is 9.36. The monoisotopic (exact) mass is 252 g/mol. The SMILES string of the molecule is O=Cc1ccc(N2CCCc3ccccc3C2)nc1. The van der Waals surface area contributed by atoms with Gasteiger partial charge in [-0.1, -0.05) is 24.3 Å². The van der Waals surface area contributed by atoms with Crippen molar-refractivity contribution in [2.24, 2.45) is 0 Å². The molecule has 1 aromatic heterocycles. The molecule has 3 nitrogen and oxygen atoms in total. The number of anilines is 1. The van der Waals surface area contributed by atoms with Gasteiger partial charge < -0.3 is 4.90 Å². The summed E-state index contributed by atoms with van der Waals surface area (Å²) in [5.74, 6) is 0.947. The zero-order valence-corrected chi connectivity index (χ0v) is 10.7. The second kappa shape index (κ2) is 5.22. The second-order valence-electron chi connectivity index (χ2n) is 4.86. The molecular formula is C16H16N2O. The van der Waals surface area contributed by atoms with E-state index in [0.29, 0.717) is 5.56 Å². The number of aryl methyl sites for hydroxylation is 1. The van der Waals surface area contributed by atoms with Crippen LogP contribution in [0.25, 0.3) is 0 Å². The zero-order valence-electron chi connectivity index (χ0n) is 10.7. The first kappa shape index (κ1) is 11.9. The molecule has 0 N–H and O–H groups in total. The standard InChI is InChI=1S/C16H16N2O/c19-12-13-7-8-16(17-10-13)18-9-3-6-14-4-1-2-5-15(14)11-18/h1-2,4-5,7-8,10,12H,3,6,9,11H2. The smallest absolute Gasteiger partial charge is 0.151 e. The number of benzene rings is 1. The predicted octanol–water partition coefficient (Wildman–Crippen LogP) is 2.85. The summed E-state index contributed by atoms with van der Waals surface area (Å²) in [4.78, 5) is 17.3. The molecule has 0 aliphatic carbocycles. The third kappa shape index (κ3) is 2.50. The number of hydrogen-bond donors (Lipinski definition) is 0. The molecule has 0 saturated carbocycles. The molecular weight excluding hydrogens is 236 g/mol. The Hall–Kier alpha value is -2.16. The quantitative estimate of drug-likeness (QED) is 0.771. The Bertz CT molecular complexity index is 578.